The highest BCUT2D eigenvalue weighted by atomic mass is 32.2. The minimum Gasteiger partial charge on any atom is -0.495 e. The maximum atomic E-state index is 12.6. The molecule has 0 saturated carbocycles. The highest BCUT2D eigenvalue weighted by Gasteiger charge is 2.33. The number of carbonyl (C=O) groups is 3. The van der Waals surface area contributed by atoms with Gasteiger partial charge in [0.15, 0.2) is 0 Å². The van der Waals surface area contributed by atoms with Gasteiger partial charge in [-0.25, -0.2) is 4.79 Å². The number of thioether (sulfide) groups is 1. The van der Waals surface area contributed by atoms with Gasteiger partial charge < -0.3 is 15.0 Å². The zero-order valence-corrected chi connectivity index (χ0v) is 14.2. The molecule has 0 aromatic heterocycles. The third-order valence-electron chi connectivity index (χ3n) is 4.08. The van der Waals surface area contributed by atoms with Crippen LogP contribution in [0, 0.1) is 0 Å². The summed E-state index contributed by atoms with van der Waals surface area (Å²) < 4.78 is 5.29. The molecule has 1 atom stereocenters. The lowest BCUT2D eigenvalue weighted by Gasteiger charge is -2.20. The molecule has 0 aliphatic carbocycles. The molecule has 1 aromatic carbocycles. The van der Waals surface area contributed by atoms with Crippen molar-refractivity contribution in [1.82, 2.24) is 10.2 Å². The summed E-state index contributed by atoms with van der Waals surface area (Å²) in [6, 6.07) is 6.62. The molecular weight excluding hydrogens is 330 g/mol. The maximum Gasteiger partial charge on any atom is 0.325 e. The number of methoxy groups -OCH3 is 1. The monoisotopic (exact) mass is 349 g/mol. The van der Waals surface area contributed by atoms with Crippen molar-refractivity contribution in [3.8, 4) is 5.75 Å². The minimum atomic E-state index is -0.425. The van der Waals surface area contributed by atoms with Crippen LogP contribution in [0.15, 0.2) is 24.3 Å². The van der Waals surface area contributed by atoms with Gasteiger partial charge in [0.2, 0.25) is 11.0 Å². The SMILES string of the molecule is COc1ccccc1N1CCN(CC(=O)N[C@H]2CCSC2=O)C1=O. The predicted molar refractivity (Wildman–Crippen MR) is 91.3 cm³/mol. The summed E-state index contributed by atoms with van der Waals surface area (Å²) >= 11 is 1.24. The van der Waals surface area contributed by atoms with Crippen LogP contribution in [-0.2, 0) is 9.59 Å². The van der Waals surface area contributed by atoms with Gasteiger partial charge in [0.1, 0.15) is 12.3 Å². The van der Waals surface area contributed by atoms with Crippen LogP contribution in [0.2, 0.25) is 0 Å². The van der Waals surface area contributed by atoms with Crippen LogP contribution in [0.5, 0.6) is 5.75 Å². The van der Waals surface area contributed by atoms with E-state index in [9.17, 15) is 14.4 Å². The summed E-state index contributed by atoms with van der Waals surface area (Å²) in [4.78, 5) is 39.3. The Labute approximate surface area is 144 Å². The molecule has 2 aliphatic rings. The Morgan fingerprint density at radius 2 is 2.12 bits per heavy atom. The lowest BCUT2D eigenvalue weighted by atomic mass is 10.2. The number of carbonyl (C=O) groups excluding carboxylic acids is 3. The molecule has 1 N–H and O–H groups in total. The van der Waals surface area contributed by atoms with E-state index in [1.165, 1.54) is 16.7 Å². The van der Waals surface area contributed by atoms with Gasteiger partial charge in [-0.15, -0.1) is 0 Å². The number of hydrogen-bond acceptors (Lipinski definition) is 5. The van der Waals surface area contributed by atoms with Crippen molar-refractivity contribution in [2.24, 2.45) is 0 Å². The largest absolute Gasteiger partial charge is 0.495 e. The smallest absolute Gasteiger partial charge is 0.325 e. The fraction of sp³-hybridized carbons (Fsp3) is 0.438. The van der Waals surface area contributed by atoms with Crippen LogP contribution >= 0.6 is 11.8 Å². The number of hydrogen-bond donors (Lipinski definition) is 1. The Balaban J connectivity index is 1.61. The number of amides is 3. The first-order valence-corrected chi connectivity index (χ1v) is 8.74. The van der Waals surface area contributed by atoms with Crippen LogP contribution in [0.1, 0.15) is 6.42 Å². The first-order valence-electron chi connectivity index (χ1n) is 7.75. The molecule has 0 spiro atoms. The van der Waals surface area contributed by atoms with E-state index in [0.29, 0.717) is 30.9 Å². The van der Waals surface area contributed by atoms with E-state index >= 15 is 0 Å². The Morgan fingerprint density at radius 1 is 1.33 bits per heavy atom. The second-order valence-electron chi connectivity index (χ2n) is 5.60. The third-order valence-corrected chi connectivity index (χ3v) is 5.08. The average molecular weight is 349 g/mol. The van der Waals surface area contributed by atoms with E-state index in [0.717, 1.165) is 5.75 Å². The average Bonchev–Trinajstić information content (AvgIpc) is 3.14. The van der Waals surface area contributed by atoms with Gasteiger partial charge in [0.05, 0.1) is 18.8 Å². The normalized spacial score (nSPS) is 20.6. The van der Waals surface area contributed by atoms with Gasteiger partial charge in [-0.1, -0.05) is 23.9 Å². The molecule has 8 heteroatoms. The molecule has 7 nitrogen and oxygen atoms in total. The van der Waals surface area contributed by atoms with Crippen LogP contribution in [0.3, 0.4) is 0 Å². The van der Waals surface area contributed by atoms with Gasteiger partial charge in [-0.2, -0.15) is 0 Å². The molecule has 0 bridgehead atoms. The van der Waals surface area contributed by atoms with Crippen LogP contribution in [0.25, 0.3) is 0 Å². The molecule has 2 fully saturated rings. The molecule has 2 saturated heterocycles. The van der Waals surface area contributed by atoms with Crippen molar-refractivity contribution >= 4 is 34.5 Å². The highest BCUT2D eigenvalue weighted by Crippen LogP contribution is 2.30. The molecule has 0 unspecified atom stereocenters. The van der Waals surface area contributed by atoms with E-state index in [1.54, 1.807) is 18.1 Å². The quantitative estimate of drug-likeness (QED) is 0.861. The number of nitrogens with zero attached hydrogens (tertiary/aromatic N) is 2. The Kier molecular flexibility index (Phi) is 4.94. The van der Waals surface area contributed by atoms with E-state index < -0.39 is 6.04 Å². The van der Waals surface area contributed by atoms with Crippen molar-refractivity contribution in [3.63, 3.8) is 0 Å². The minimum absolute atomic E-state index is 0.00764. The summed E-state index contributed by atoms with van der Waals surface area (Å²) in [6.07, 6.45) is 0.649. The van der Waals surface area contributed by atoms with Crippen LogP contribution in [-0.4, -0.2) is 60.5 Å². The number of rotatable bonds is 5. The Bertz CT molecular complexity index is 666. The van der Waals surface area contributed by atoms with Gasteiger partial charge in [0, 0.05) is 18.8 Å². The molecule has 1 aromatic rings. The molecule has 2 aliphatic heterocycles. The topological polar surface area (TPSA) is 79.0 Å². The lowest BCUT2D eigenvalue weighted by molar-refractivity contribution is -0.124. The maximum absolute atomic E-state index is 12.6. The summed E-state index contributed by atoms with van der Waals surface area (Å²) in [5, 5.41) is 2.70. The Morgan fingerprint density at radius 3 is 2.83 bits per heavy atom. The van der Waals surface area contributed by atoms with E-state index in [-0.39, 0.29) is 23.6 Å². The first kappa shape index (κ1) is 16.6. The number of urea groups is 1. The molecule has 0 radical (unpaired) electrons. The van der Waals surface area contributed by atoms with Crippen molar-refractivity contribution in [2.75, 3.05) is 37.4 Å². The fourth-order valence-electron chi connectivity index (χ4n) is 2.85. The highest BCUT2D eigenvalue weighted by molar-refractivity contribution is 8.14. The summed E-state index contributed by atoms with van der Waals surface area (Å²) in [6.45, 7) is 0.904. The first-order chi connectivity index (χ1) is 11.6. The molecule has 128 valence electrons. The van der Waals surface area contributed by atoms with Crippen LogP contribution in [0.4, 0.5) is 10.5 Å². The Hall–Kier alpha value is -2.22. The number of nitrogens with one attached hydrogen (secondary N) is 1. The summed E-state index contributed by atoms with van der Waals surface area (Å²) in [5.41, 5.74) is 0.690. The van der Waals surface area contributed by atoms with Crippen molar-refractivity contribution < 1.29 is 19.1 Å². The van der Waals surface area contributed by atoms with Crippen molar-refractivity contribution in [2.45, 2.75) is 12.5 Å². The van der Waals surface area contributed by atoms with Gasteiger partial charge in [-0.3, -0.25) is 14.5 Å². The van der Waals surface area contributed by atoms with E-state index in [4.69, 9.17) is 4.74 Å². The van der Waals surface area contributed by atoms with E-state index in [1.807, 2.05) is 18.2 Å². The zero-order valence-electron chi connectivity index (χ0n) is 13.4. The number of benzene rings is 1. The van der Waals surface area contributed by atoms with Crippen LogP contribution < -0.4 is 15.0 Å². The molecular formula is C16H19N3O4S. The molecule has 3 amide bonds. The van der Waals surface area contributed by atoms with Gasteiger partial charge in [-0.05, 0) is 18.6 Å². The number of para-hydroxylation sites is 2. The second kappa shape index (κ2) is 7.12. The van der Waals surface area contributed by atoms with E-state index in [2.05, 4.69) is 5.32 Å². The molecule has 3 rings (SSSR count). The summed E-state index contributed by atoms with van der Waals surface area (Å²) in [7, 11) is 1.56. The predicted octanol–water partition coefficient (Wildman–Crippen LogP) is 1.09. The summed E-state index contributed by atoms with van der Waals surface area (Å²) in [5.74, 6) is 1.05. The fourth-order valence-corrected chi connectivity index (χ4v) is 3.78. The second-order valence-corrected chi connectivity index (χ2v) is 6.70. The van der Waals surface area contributed by atoms with Crippen molar-refractivity contribution in [1.29, 1.82) is 0 Å². The lowest BCUT2D eigenvalue weighted by Crippen LogP contribution is -2.44. The third kappa shape index (κ3) is 3.33. The number of ether oxygens (including phenoxy) is 1. The van der Waals surface area contributed by atoms with Crippen molar-refractivity contribution in [3.05, 3.63) is 24.3 Å². The molecule has 24 heavy (non-hydrogen) atoms. The number of anilines is 1. The zero-order chi connectivity index (χ0) is 17.1. The van der Waals surface area contributed by atoms with Gasteiger partial charge >= 0.3 is 6.03 Å². The standard InChI is InChI=1S/C16H19N3O4S/c1-23-13-5-3-2-4-12(13)19-8-7-18(16(19)22)10-14(20)17-11-6-9-24-15(11)21/h2-5,11H,6-10H2,1H3,(H,17,20)/t11-/m0/s1. The molecule has 2 heterocycles. The van der Waals surface area contributed by atoms with Gasteiger partial charge in [0.25, 0.3) is 0 Å².